The minimum atomic E-state index is -0.531. The molecular formula is C34H27FN2O7S. The van der Waals surface area contributed by atoms with Crippen molar-refractivity contribution in [1.82, 2.24) is 4.98 Å². The lowest BCUT2D eigenvalue weighted by Crippen LogP contribution is -2.37. The largest absolute Gasteiger partial charge is 0.502 e. The Morgan fingerprint density at radius 2 is 1.64 bits per heavy atom. The highest BCUT2D eigenvalue weighted by atomic mass is 32.1. The van der Waals surface area contributed by atoms with Gasteiger partial charge in [0.25, 0.3) is 0 Å². The van der Waals surface area contributed by atoms with Crippen molar-refractivity contribution in [3.8, 4) is 39.3 Å². The maximum atomic E-state index is 13.7. The number of nitrogens with zero attached hydrogens (tertiary/aromatic N) is 1. The van der Waals surface area contributed by atoms with Crippen molar-refractivity contribution in [1.29, 1.82) is 0 Å². The Morgan fingerprint density at radius 3 is 2.36 bits per heavy atom. The quantitative estimate of drug-likeness (QED) is 0.201. The van der Waals surface area contributed by atoms with Crippen molar-refractivity contribution < 1.29 is 38.0 Å². The highest BCUT2D eigenvalue weighted by Gasteiger charge is 2.52. The summed E-state index contributed by atoms with van der Waals surface area (Å²) in [6, 6.07) is 19.6. The fraction of sp³-hybridized carbons (Fsp3) is 0.235. The van der Waals surface area contributed by atoms with Crippen LogP contribution in [0.25, 0.3) is 20.8 Å². The number of cyclic esters (lactones) is 1. The second-order valence-electron chi connectivity index (χ2n) is 11.2. The molecule has 2 aliphatic heterocycles. The van der Waals surface area contributed by atoms with Gasteiger partial charge in [0.2, 0.25) is 12.5 Å². The third-order valence-corrected chi connectivity index (χ3v) is 9.92. The molecule has 5 aromatic rings. The van der Waals surface area contributed by atoms with E-state index in [0.717, 1.165) is 43.2 Å². The molecule has 11 heteroatoms. The molecular weight excluding hydrogens is 599 g/mol. The van der Waals surface area contributed by atoms with Gasteiger partial charge in [0, 0.05) is 23.1 Å². The van der Waals surface area contributed by atoms with E-state index in [0.29, 0.717) is 11.5 Å². The molecule has 8 rings (SSSR count). The number of nitrogens with one attached hydrogen (secondary N) is 1. The van der Waals surface area contributed by atoms with Crippen LogP contribution in [0, 0.1) is 17.7 Å². The van der Waals surface area contributed by atoms with Crippen LogP contribution in [0.4, 0.5) is 10.1 Å². The van der Waals surface area contributed by atoms with Gasteiger partial charge in [0.15, 0.2) is 23.0 Å². The number of rotatable bonds is 6. The second kappa shape index (κ2) is 10.6. The van der Waals surface area contributed by atoms with E-state index >= 15 is 0 Å². The van der Waals surface area contributed by atoms with E-state index in [1.165, 1.54) is 37.7 Å². The number of phenols is 1. The molecule has 3 aliphatic rings. The van der Waals surface area contributed by atoms with E-state index in [-0.39, 0.29) is 54.4 Å². The topological polar surface area (TPSA) is 108 Å². The number of aromatic nitrogens is 1. The summed E-state index contributed by atoms with van der Waals surface area (Å²) < 4.78 is 42.7. The molecule has 228 valence electrons. The van der Waals surface area contributed by atoms with Gasteiger partial charge in [0.1, 0.15) is 10.8 Å². The molecule has 1 saturated heterocycles. The zero-order chi connectivity index (χ0) is 30.8. The fourth-order valence-corrected chi connectivity index (χ4v) is 7.75. The number of esters is 1. The molecule has 0 bridgehead atoms. The minimum Gasteiger partial charge on any atom is -0.502 e. The third kappa shape index (κ3) is 4.49. The van der Waals surface area contributed by atoms with Crippen LogP contribution >= 0.6 is 11.3 Å². The highest BCUT2D eigenvalue weighted by Crippen LogP contribution is 2.56. The summed E-state index contributed by atoms with van der Waals surface area (Å²) in [6.45, 7) is 0.342. The zero-order valence-corrected chi connectivity index (χ0v) is 25.0. The molecule has 0 saturated carbocycles. The molecule has 9 nitrogen and oxygen atoms in total. The van der Waals surface area contributed by atoms with Gasteiger partial charge in [-0.1, -0.05) is 0 Å². The Morgan fingerprint density at radius 1 is 0.933 bits per heavy atom. The fourth-order valence-electron chi connectivity index (χ4n) is 6.75. The SMILES string of the molecule is COc1cc([C@@H]2c3cc4c(cc3[C@@H](Nc3ccc(-c5nc6ccc(F)cc6s5)cc3)[C@H]3COC(=O)[C@H]23)OCO4)cc(OC)c1O. The number of hydrogen-bond acceptors (Lipinski definition) is 10. The standard InChI is InChI=1S/C34H27FN2O7S/c1-40-26-9-17(10-27(41-2)32(26)38)29-20-12-24-25(44-15-43-24)13-21(20)31(22-14-42-34(39)30(22)29)36-19-6-3-16(4-7-19)33-37-23-8-5-18(35)11-28(23)45-33/h3-13,22,29-31,36,38H,14-15H2,1-2H3/t22-,29+,30-,31+/m0/s1. The zero-order valence-electron chi connectivity index (χ0n) is 24.2. The molecule has 1 aromatic heterocycles. The first-order chi connectivity index (χ1) is 21.9. The molecule has 0 amide bonds. The van der Waals surface area contributed by atoms with Gasteiger partial charge in [-0.05, 0) is 83.4 Å². The third-order valence-electron chi connectivity index (χ3n) is 8.85. The molecule has 2 N–H and O–H groups in total. The normalized spacial score (nSPS) is 21.3. The Kier molecular flexibility index (Phi) is 6.45. The predicted molar refractivity (Wildman–Crippen MR) is 165 cm³/mol. The first-order valence-corrected chi connectivity index (χ1v) is 15.2. The van der Waals surface area contributed by atoms with Crippen LogP contribution in [0.15, 0.2) is 66.7 Å². The number of carbonyl (C=O) groups excluding carboxylic acids is 1. The van der Waals surface area contributed by atoms with E-state index in [9.17, 15) is 14.3 Å². The number of fused-ring (bicyclic) bond motifs is 4. The summed E-state index contributed by atoms with van der Waals surface area (Å²) in [5.41, 5.74) is 5.10. The average Bonchev–Trinajstić information content (AvgIpc) is 3.79. The highest BCUT2D eigenvalue weighted by molar-refractivity contribution is 7.21. The van der Waals surface area contributed by atoms with E-state index in [4.69, 9.17) is 23.7 Å². The lowest BCUT2D eigenvalue weighted by atomic mass is 9.65. The molecule has 3 heterocycles. The maximum absolute atomic E-state index is 13.7. The number of ether oxygens (including phenoxy) is 5. The Labute approximate surface area is 261 Å². The first-order valence-electron chi connectivity index (χ1n) is 14.4. The summed E-state index contributed by atoms with van der Waals surface area (Å²) in [6.07, 6.45) is 0. The smallest absolute Gasteiger partial charge is 0.310 e. The van der Waals surface area contributed by atoms with Gasteiger partial charge < -0.3 is 34.1 Å². The molecule has 1 aliphatic carbocycles. The van der Waals surface area contributed by atoms with Crippen LogP contribution in [0.3, 0.4) is 0 Å². The molecule has 45 heavy (non-hydrogen) atoms. The summed E-state index contributed by atoms with van der Waals surface area (Å²) in [4.78, 5) is 18.1. The Balaban J connectivity index is 1.20. The number of carbonyl (C=O) groups is 1. The second-order valence-corrected chi connectivity index (χ2v) is 12.3. The van der Waals surface area contributed by atoms with Crippen molar-refractivity contribution in [2.24, 2.45) is 11.8 Å². The molecule has 0 spiro atoms. The number of benzene rings is 4. The van der Waals surface area contributed by atoms with Gasteiger partial charge in [0.05, 0.1) is 43.0 Å². The summed E-state index contributed by atoms with van der Waals surface area (Å²) in [5.74, 6) is -0.163. The van der Waals surface area contributed by atoms with E-state index in [1.54, 1.807) is 18.2 Å². The van der Waals surface area contributed by atoms with Crippen LogP contribution in [0.2, 0.25) is 0 Å². The van der Waals surface area contributed by atoms with Crippen molar-refractivity contribution in [3.63, 3.8) is 0 Å². The van der Waals surface area contributed by atoms with Crippen molar-refractivity contribution in [2.75, 3.05) is 32.9 Å². The van der Waals surface area contributed by atoms with Crippen molar-refractivity contribution in [3.05, 3.63) is 89.2 Å². The number of thiazole rings is 1. The van der Waals surface area contributed by atoms with Crippen LogP contribution in [-0.4, -0.2) is 43.7 Å². The minimum absolute atomic E-state index is 0.108. The summed E-state index contributed by atoms with van der Waals surface area (Å²) >= 11 is 1.44. The van der Waals surface area contributed by atoms with Gasteiger partial charge in [-0.25, -0.2) is 9.37 Å². The number of methoxy groups -OCH3 is 2. The van der Waals surface area contributed by atoms with Gasteiger partial charge >= 0.3 is 5.97 Å². The van der Waals surface area contributed by atoms with Crippen LogP contribution in [0.5, 0.6) is 28.7 Å². The lowest BCUT2D eigenvalue weighted by molar-refractivity contribution is -0.141. The molecule has 0 unspecified atom stereocenters. The molecule has 1 fully saturated rings. The monoisotopic (exact) mass is 626 g/mol. The van der Waals surface area contributed by atoms with Gasteiger partial charge in [-0.2, -0.15) is 0 Å². The van der Waals surface area contributed by atoms with Crippen molar-refractivity contribution in [2.45, 2.75) is 12.0 Å². The number of halogens is 1. The molecule has 0 radical (unpaired) electrons. The maximum Gasteiger partial charge on any atom is 0.310 e. The van der Waals surface area contributed by atoms with Crippen molar-refractivity contribution >= 4 is 33.2 Å². The average molecular weight is 627 g/mol. The summed E-state index contributed by atoms with van der Waals surface area (Å²) in [5, 5.41) is 15.1. The van der Waals surface area contributed by atoms with Crippen LogP contribution in [-0.2, 0) is 9.53 Å². The van der Waals surface area contributed by atoms with E-state index in [1.807, 2.05) is 36.4 Å². The summed E-state index contributed by atoms with van der Waals surface area (Å²) in [7, 11) is 2.94. The van der Waals surface area contributed by atoms with Gasteiger partial charge in [-0.3, -0.25) is 4.79 Å². The Bertz CT molecular complexity index is 1950. The number of anilines is 1. The molecule has 4 aromatic carbocycles. The number of aromatic hydroxyl groups is 1. The number of hydrogen-bond donors (Lipinski definition) is 2. The predicted octanol–water partition coefficient (Wildman–Crippen LogP) is 6.64. The first kappa shape index (κ1) is 27.5. The van der Waals surface area contributed by atoms with Gasteiger partial charge in [-0.15, -0.1) is 11.3 Å². The molecule has 4 atom stereocenters. The van der Waals surface area contributed by atoms with E-state index in [2.05, 4.69) is 10.3 Å². The van der Waals surface area contributed by atoms with Crippen LogP contribution in [0.1, 0.15) is 28.7 Å². The van der Waals surface area contributed by atoms with E-state index < -0.39 is 11.8 Å². The number of phenolic OH excluding ortho intramolecular Hbond substituents is 1. The van der Waals surface area contributed by atoms with Crippen LogP contribution < -0.4 is 24.3 Å². The Hall–Kier alpha value is -5.03. The lowest BCUT2D eigenvalue weighted by Gasteiger charge is -2.40.